The Morgan fingerprint density at radius 2 is 2.29 bits per heavy atom. The van der Waals surface area contributed by atoms with E-state index in [4.69, 9.17) is 4.74 Å². The normalized spacial score (nSPS) is 10.2. The van der Waals surface area contributed by atoms with Crippen LogP contribution in [0.2, 0.25) is 0 Å². The molecule has 1 amide bonds. The van der Waals surface area contributed by atoms with Gasteiger partial charge in [-0.3, -0.25) is 14.9 Å². The number of amides is 1. The van der Waals surface area contributed by atoms with E-state index in [2.05, 4.69) is 21.2 Å². The summed E-state index contributed by atoms with van der Waals surface area (Å²) in [6.45, 7) is 0.348. The number of nitro groups is 1. The van der Waals surface area contributed by atoms with Gasteiger partial charge in [0.15, 0.2) is 0 Å². The fourth-order valence-electron chi connectivity index (χ4n) is 1.77. The SMILES string of the molecule is COc1c(C(=O)NCc2cc(Br)cs2)cccc1[N+](=O)[O-]. The number of nitro benzene ring substituents is 1. The highest BCUT2D eigenvalue weighted by Gasteiger charge is 2.22. The Balaban J connectivity index is 2.19. The first-order valence-corrected chi connectivity index (χ1v) is 7.52. The number of ether oxygens (including phenoxy) is 1. The largest absolute Gasteiger partial charge is 0.490 e. The standard InChI is InChI=1S/C13H11BrN2O4S/c1-20-12-10(3-2-4-11(12)16(18)19)13(17)15-6-9-5-8(14)7-21-9/h2-5,7H,6H2,1H3,(H,15,17). The summed E-state index contributed by atoms with van der Waals surface area (Å²) in [5.41, 5.74) is -0.0914. The second-order valence-corrected chi connectivity index (χ2v) is 5.94. The Hall–Kier alpha value is -1.93. The van der Waals surface area contributed by atoms with Gasteiger partial charge in [0.05, 0.1) is 24.1 Å². The predicted molar refractivity (Wildman–Crippen MR) is 82.8 cm³/mol. The number of hydrogen-bond donors (Lipinski definition) is 1. The average Bonchev–Trinajstić information content (AvgIpc) is 2.89. The van der Waals surface area contributed by atoms with Crippen molar-refractivity contribution in [2.75, 3.05) is 7.11 Å². The van der Waals surface area contributed by atoms with Gasteiger partial charge in [0, 0.05) is 20.8 Å². The molecule has 0 unspecified atom stereocenters. The van der Waals surface area contributed by atoms with Gasteiger partial charge in [0.2, 0.25) is 5.75 Å². The molecule has 1 aromatic carbocycles. The molecule has 0 saturated carbocycles. The van der Waals surface area contributed by atoms with E-state index in [1.54, 1.807) is 0 Å². The van der Waals surface area contributed by atoms with Crippen LogP contribution in [-0.2, 0) is 6.54 Å². The maximum Gasteiger partial charge on any atom is 0.311 e. The van der Waals surface area contributed by atoms with Gasteiger partial charge < -0.3 is 10.1 Å². The first-order chi connectivity index (χ1) is 10.0. The van der Waals surface area contributed by atoms with Crippen molar-refractivity contribution in [2.45, 2.75) is 6.54 Å². The first-order valence-electron chi connectivity index (χ1n) is 5.85. The fourth-order valence-corrected chi connectivity index (χ4v) is 3.16. The molecule has 110 valence electrons. The van der Waals surface area contributed by atoms with Crippen molar-refractivity contribution >= 4 is 38.9 Å². The van der Waals surface area contributed by atoms with Gasteiger partial charge in [-0.2, -0.15) is 0 Å². The molecule has 1 heterocycles. The van der Waals surface area contributed by atoms with E-state index in [1.807, 2.05) is 11.4 Å². The summed E-state index contributed by atoms with van der Waals surface area (Å²) >= 11 is 4.84. The molecular formula is C13H11BrN2O4S. The lowest BCUT2D eigenvalue weighted by Crippen LogP contribution is -2.23. The smallest absolute Gasteiger partial charge is 0.311 e. The molecular weight excluding hydrogens is 360 g/mol. The lowest BCUT2D eigenvalue weighted by Gasteiger charge is -2.08. The number of nitrogens with zero attached hydrogens (tertiary/aromatic N) is 1. The number of halogens is 1. The Bertz CT molecular complexity index is 687. The summed E-state index contributed by atoms with van der Waals surface area (Å²) in [5.74, 6) is -0.451. The molecule has 0 radical (unpaired) electrons. The molecule has 6 nitrogen and oxygen atoms in total. The van der Waals surface area contributed by atoms with Gasteiger partial charge in [0.25, 0.3) is 5.91 Å². The van der Waals surface area contributed by atoms with Crippen molar-refractivity contribution < 1.29 is 14.5 Å². The quantitative estimate of drug-likeness (QED) is 0.646. The van der Waals surface area contributed by atoms with Gasteiger partial charge in [-0.25, -0.2) is 0 Å². The van der Waals surface area contributed by atoms with Crippen molar-refractivity contribution in [3.05, 3.63) is 54.7 Å². The molecule has 0 atom stereocenters. The average molecular weight is 371 g/mol. The highest BCUT2D eigenvalue weighted by molar-refractivity contribution is 9.10. The monoisotopic (exact) mass is 370 g/mol. The number of hydrogen-bond acceptors (Lipinski definition) is 5. The van der Waals surface area contributed by atoms with Crippen molar-refractivity contribution in [3.63, 3.8) is 0 Å². The Morgan fingerprint density at radius 3 is 2.86 bits per heavy atom. The fraction of sp³-hybridized carbons (Fsp3) is 0.154. The highest BCUT2D eigenvalue weighted by atomic mass is 79.9. The van der Waals surface area contributed by atoms with E-state index < -0.39 is 10.8 Å². The van der Waals surface area contributed by atoms with Crippen LogP contribution in [0, 0.1) is 10.1 Å². The Labute approximate surface area is 133 Å². The molecule has 1 aromatic heterocycles. The number of benzene rings is 1. The zero-order valence-corrected chi connectivity index (χ0v) is 13.4. The number of carbonyl (C=O) groups is 1. The molecule has 21 heavy (non-hydrogen) atoms. The summed E-state index contributed by atoms with van der Waals surface area (Å²) in [7, 11) is 1.30. The summed E-state index contributed by atoms with van der Waals surface area (Å²) in [4.78, 5) is 23.5. The molecule has 0 saturated heterocycles. The maximum absolute atomic E-state index is 12.2. The molecule has 0 bridgehead atoms. The zero-order valence-electron chi connectivity index (χ0n) is 11.0. The van der Waals surface area contributed by atoms with Crippen LogP contribution in [0.3, 0.4) is 0 Å². The third-order valence-corrected chi connectivity index (χ3v) is 4.38. The number of methoxy groups -OCH3 is 1. The Kier molecular flexibility index (Phi) is 4.92. The Morgan fingerprint density at radius 1 is 1.52 bits per heavy atom. The molecule has 2 aromatic rings. The molecule has 0 aliphatic carbocycles. The molecule has 2 rings (SSSR count). The third kappa shape index (κ3) is 3.59. The second kappa shape index (κ2) is 6.68. The first kappa shape index (κ1) is 15.5. The van der Waals surface area contributed by atoms with E-state index in [0.717, 1.165) is 9.35 Å². The van der Waals surface area contributed by atoms with Crippen LogP contribution >= 0.6 is 27.3 Å². The zero-order chi connectivity index (χ0) is 15.4. The summed E-state index contributed by atoms with van der Waals surface area (Å²) in [6, 6.07) is 6.14. The third-order valence-electron chi connectivity index (χ3n) is 2.68. The number of para-hydroxylation sites is 1. The van der Waals surface area contributed by atoms with E-state index in [9.17, 15) is 14.9 Å². The van der Waals surface area contributed by atoms with Crippen molar-refractivity contribution in [1.29, 1.82) is 0 Å². The summed E-state index contributed by atoms with van der Waals surface area (Å²) in [6.07, 6.45) is 0. The van der Waals surface area contributed by atoms with Gasteiger partial charge in [-0.05, 0) is 28.1 Å². The van der Waals surface area contributed by atoms with Crippen LogP contribution in [-0.4, -0.2) is 17.9 Å². The summed E-state index contributed by atoms with van der Waals surface area (Å²) < 4.78 is 5.96. The van der Waals surface area contributed by atoms with E-state index >= 15 is 0 Å². The van der Waals surface area contributed by atoms with Gasteiger partial charge in [-0.15, -0.1) is 11.3 Å². The molecule has 0 aliphatic heterocycles. The molecule has 0 spiro atoms. The van der Waals surface area contributed by atoms with E-state index in [1.165, 1.54) is 36.6 Å². The lowest BCUT2D eigenvalue weighted by molar-refractivity contribution is -0.385. The number of thiophene rings is 1. The second-order valence-electron chi connectivity index (χ2n) is 4.03. The van der Waals surface area contributed by atoms with Crippen molar-refractivity contribution in [2.24, 2.45) is 0 Å². The lowest BCUT2D eigenvalue weighted by atomic mass is 10.1. The van der Waals surface area contributed by atoms with Gasteiger partial charge in [-0.1, -0.05) is 6.07 Å². The van der Waals surface area contributed by atoms with Crippen LogP contribution in [0.1, 0.15) is 15.2 Å². The van der Waals surface area contributed by atoms with E-state index in [-0.39, 0.29) is 17.0 Å². The summed E-state index contributed by atoms with van der Waals surface area (Å²) in [5, 5.41) is 15.6. The molecule has 0 fully saturated rings. The molecule has 8 heteroatoms. The number of carbonyl (C=O) groups excluding carboxylic acids is 1. The highest BCUT2D eigenvalue weighted by Crippen LogP contribution is 2.30. The number of rotatable bonds is 5. The minimum absolute atomic E-state index is 0.0349. The molecule has 0 aliphatic rings. The predicted octanol–water partition coefficient (Wildman–Crippen LogP) is 3.36. The maximum atomic E-state index is 12.2. The minimum atomic E-state index is -0.577. The van der Waals surface area contributed by atoms with Crippen molar-refractivity contribution in [1.82, 2.24) is 5.32 Å². The van der Waals surface area contributed by atoms with Crippen LogP contribution in [0.5, 0.6) is 5.75 Å². The van der Waals surface area contributed by atoms with Crippen LogP contribution in [0.25, 0.3) is 0 Å². The van der Waals surface area contributed by atoms with Crippen LogP contribution in [0.15, 0.2) is 34.1 Å². The van der Waals surface area contributed by atoms with Gasteiger partial charge in [0.1, 0.15) is 0 Å². The minimum Gasteiger partial charge on any atom is -0.490 e. The topological polar surface area (TPSA) is 81.5 Å². The van der Waals surface area contributed by atoms with Crippen LogP contribution < -0.4 is 10.1 Å². The van der Waals surface area contributed by atoms with E-state index in [0.29, 0.717) is 6.54 Å². The van der Waals surface area contributed by atoms with Gasteiger partial charge >= 0.3 is 5.69 Å². The molecule has 1 N–H and O–H groups in total. The van der Waals surface area contributed by atoms with Crippen molar-refractivity contribution in [3.8, 4) is 5.75 Å². The van der Waals surface area contributed by atoms with Crippen LogP contribution in [0.4, 0.5) is 5.69 Å². The number of nitrogens with one attached hydrogen (secondary N) is 1.